The highest BCUT2D eigenvalue weighted by molar-refractivity contribution is 5.95. The Kier molecular flexibility index (Phi) is 3.60. The highest BCUT2D eigenvalue weighted by atomic mass is 16.4. The molecule has 5 nitrogen and oxygen atoms in total. The van der Waals surface area contributed by atoms with Gasteiger partial charge in [0, 0.05) is 17.4 Å². The average molecular weight is 302 g/mol. The van der Waals surface area contributed by atoms with Crippen molar-refractivity contribution in [3.63, 3.8) is 0 Å². The zero-order valence-electron chi connectivity index (χ0n) is 13.2. The van der Waals surface area contributed by atoms with Crippen molar-refractivity contribution in [1.82, 2.24) is 9.88 Å². The number of amides is 1. The summed E-state index contributed by atoms with van der Waals surface area (Å²) in [6.45, 7) is 5.73. The van der Waals surface area contributed by atoms with Gasteiger partial charge in [0.1, 0.15) is 11.4 Å². The Labute approximate surface area is 129 Å². The van der Waals surface area contributed by atoms with E-state index in [9.17, 15) is 9.90 Å². The molecule has 1 aliphatic carbocycles. The Morgan fingerprint density at radius 3 is 2.82 bits per heavy atom. The van der Waals surface area contributed by atoms with Crippen LogP contribution in [0.15, 0.2) is 28.9 Å². The van der Waals surface area contributed by atoms with E-state index in [2.05, 4.69) is 9.88 Å². The van der Waals surface area contributed by atoms with Gasteiger partial charge in [0.2, 0.25) is 0 Å². The summed E-state index contributed by atoms with van der Waals surface area (Å²) in [7, 11) is 0. The normalized spacial score (nSPS) is 17.3. The Morgan fingerprint density at radius 1 is 1.50 bits per heavy atom. The first-order chi connectivity index (χ1) is 10.4. The molecule has 0 saturated heterocycles. The summed E-state index contributed by atoms with van der Waals surface area (Å²) >= 11 is 0. The van der Waals surface area contributed by atoms with Crippen molar-refractivity contribution < 1.29 is 14.3 Å². The molecule has 22 heavy (non-hydrogen) atoms. The summed E-state index contributed by atoms with van der Waals surface area (Å²) in [5.74, 6) is 0.281. The average Bonchev–Trinajstić information content (AvgIpc) is 3.02. The standard InChI is InChI=1S/C17H22N2O3/c1-11-9-14(12(2)19(11)13-6-7-13)16(20)18-10-17(3,21)15-5-4-8-22-15/h4-5,8-9,13,21H,6-7,10H2,1-3H3,(H,18,20). The number of aromatic nitrogens is 1. The number of carbonyl (C=O) groups excluding carboxylic acids is 1. The Balaban J connectivity index is 1.71. The first-order valence-electron chi connectivity index (χ1n) is 7.63. The number of hydrogen-bond donors (Lipinski definition) is 2. The van der Waals surface area contributed by atoms with Crippen LogP contribution in [0.3, 0.4) is 0 Å². The summed E-state index contributed by atoms with van der Waals surface area (Å²) in [5.41, 5.74) is 1.57. The van der Waals surface area contributed by atoms with E-state index >= 15 is 0 Å². The molecular weight excluding hydrogens is 280 g/mol. The molecule has 0 bridgehead atoms. The summed E-state index contributed by atoms with van der Waals surface area (Å²) in [5, 5.41) is 13.2. The monoisotopic (exact) mass is 302 g/mol. The van der Waals surface area contributed by atoms with E-state index in [0.29, 0.717) is 17.4 Å². The zero-order valence-corrected chi connectivity index (χ0v) is 13.2. The van der Waals surface area contributed by atoms with Gasteiger partial charge in [0.05, 0.1) is 18.4 Å². The quantitative estimate of drug-likeness (QED) is 0.892. The van der Waals surface area contributed by atoms with Gasteiger partial charge in [-0.1, -0.05) is 0 Å². The van der Waals surface area contributed by atoms with Gasteiger partial charge in [-0.3, -0.25) is 4.79 Å². The lowest BCUT2D eigenvalue weighted by Gasteiger charge is -2.21. The number of rotatable bonds is 5. The number of aryl methyl sites for hydroxylation is 1. The number of hydrogen-bond acceptors (Lipinski definition) is 3. The molecule has 118 valence electrons. The van der Waals surface area contributed by atoms with Gasteiger partial charge in [0.25, 0.3) is 5.91 Å². The van der Waals surface area contributed by atoms with Gasteiger partial charge in [0.15, 0.2) is 0 Å². The molecule has 1 aliphatic rings. The first kappa shape index (κ1) is 14.9. The summed E-state index contributed by atoms with van der Waals surface area (Å²) in [6.07, 6.45) is 3.88. The Bertz CT molecular complexity index is 679. The molecular formula is C17H22N2O3. The number of nitrogens with one attached hydrogen (secondary N) is 1. The minimum Gasteiger partial charge on any atom is -0.466 e. The zero-order chi connectivity index (χ0) is 15.9. The fraction of sp³-hybridized carbons (Fsp3) is 0.471. The third kappa shape index (κ3) is 2.68. The van der Waals surface area contributed by atoms with Crippen LogP contribution in [0.5, 0.6) is 0 Å². The maximum absolute atomic E-state index is 12.4. The van der Waals surface area contributed by atoms with E-state index in [1.54, 1.807) is 19.1 Å². The van der Waals surface area contributed by atoms with Gasteiger partial charge < -0.3 is 19.4 Å². The first-order valence-corrected chi connectivity index (χ1v) is 7.63. The van der Waals surface area contributed by atoms with E-state index in [1.807, 2.05) is 19.9 Å². The fourth-order valence-corrected chi connectivity index (χ4v) is 2.92. The molecule has 2 aromatic rings. The van der Waals surface area contributed by atoms with Crippen LogP contribution in [-0.4, -0.2) is 22.1 Å². The number of carbonyl (C=O) groups is 1. The minimum absolute atomic E-state index is 0.104. The van der Waals surface area contributed by atoms with Crippen molar-refractivity contribution >= 4 is 5.91 Å². The van der Waals surface area contributed by atoms with Crippen molar-refractivity contribution in [3.05, 3.63) is 47.2 Å². The number of furan rings is 1. The third-order valence-corrected chi connectivity index (χ3v) is 4.29. The summed E-state index contributed by atoms with van der Waals surface area (Å²) in [6, 6.07) is 5.89. The van der Waals surface area contributed by atoms with Gasteiger partial charge in [-0.2, -0.15) is 0 Å². The van der Waals surface area contributed by atoms with E-state index in [-0.39, 0.29) is 12.5 Å². The van der Waals surface area contributed by atoms with Gasteiger partial charge >= 0.3 is 0 Å². The minimum atomic E-state index is -1.22. The lowest BCUT2D eigenvalue weighted by Crippen LogP contribution is -2.38. The highest BCUT2D eigenvalue weighted by Gasteiger charge is 2.30. The summed E-state index contributed by atoms with van der Waals surface area (Å²) < 4.78 is 7.45. The number of aliphatic hydroxyl groups is 1. The number of nitrogens with zero attached hydrogens (tertiary/aromatic N) is 1. The van der Waals surface area contributed by atoms with E-state index in [0.717, 1.165) is 11.4 Å². The lowest BCUT2D eigenvalue weighted by molar-refractivity contribution is 0.0330. The highest BCUT2D eigenvalue weighted by Crippen LogP contribution is 2.38. The van der Waals surface area contributed by atoms with Crippen LogP contribution in [0.25, 0.3) is 0 Å². The van der Waals surface area contributed by atoms with Crippen molar-refractivity contribution in [3.8, 4) is 0 Å². The molecule has 5 heteroatoms. The smallest absolute Gasteiger partial charge is 0.253 e. The predicted molar refractivity (Wildman–Crippen MR) is 82.8 cm³/mol. The predicted octanol–water partition coefficient (Wildman–Crippen LogP) is 2.67. The molecule has 2 aromatic heterocycles. The van der Waals surface area contributed by atoms with Crippen molar-refractivity contribution in [1.29, 1.82) is 0 Å². The van der Waals surface area contributed by atoms with Crippen LogP contribution in [0.1, 0.15) is 53.3 Å². The lowest BCUT2D eigenvalue weighted by atomic mass is 10.0. The van der Waals surface area contributed by atoms with Gasteiger partial charge in [-0.15, -0.1) is 0 Å². The van der Waals surface area contributed by atoms with E-state index in [4.69, 9.17) is 4.42 Å². The summed E-state index contributed by atoms with van der Waals surface area (Å²) in [4.78, 5) is 12.4. The third-order valence-electron chi connectivity index (χ3n) is 4.29. The molecule has 0 radical (unpaired) electrons. The van der Waals surface area contributed by atoms with Crippen molar-refractivity contribution in [2.45, 2.75) is 45.3 Å². The molecule has 3 rings (SSSR count). The van der Waals surface area contributed by atoms with Crippen LogP contribution in [0, 0.1) is 13.8 Å². The van der Waals surface area contributed by atoms with Crippen molar-refractivity contribution in [2.75, 3.05) is 6.54 Å². The molecule has 2 N–H and O–H groups in total. The van der Waals surface area contributed by atoms with E-state index < -0.39 is 5.60 Å². The molecule has 0 aliphatic heterocycles. The second-order valence-electron chi connectivity index (χ2n) is 6.32. The molecule has 1 saturated carbocycles. The second kappa shape index (κ2) is 5.32. The Morgan fingerprint density at radius 2 is 2.23 bits per heavy atom. The molecule has 1 amide bonds. The van der Waals surface area contributed by atoms with E-state index in [1.165, 1.54) is 19.1 Å². The second-order valence-corrected chi connectivity index (χ2v) is 6.32. The topological polar surface area (TPSA) is 67.4 Å². The Hall–Kier alpha value is -2.01. The maximum atomic E-state index is 12.4. The molecule has 1 fully saturated rings. The molecule has 1 unspecified atom stereocenters. The van der Waals surface area contributed by atoms with Crippen molar-refractivity contribution in [2.24, 2.45) is 0 Å². The van der Waals surface area contributed by atoms with Crippen LogP contribution < -0.4 is 5.32 Å². The van der Waals surface area contributed by atoms with Gasteiger partial charge in [-0.25, -0.2) is 0 Å². The SMILES string of the molecule is Cc1cc(C(=O)NCC(C)(O)c2ccco2)c(C)n1C1CC1. The van der Waals surface area contributed by atoms with Crippen LogP contribution in [-0.2, 0) is 5.60 Å². The molecule has 0 spiro atoms. The molecule has 0 aromatic carbocycles. The van der Waals surface area contributed by atoms with Crippen LogP contribution in [0.2, 0.25) is 0 Å². The molecule has 1 atom stereocenters. The van der Waals surface area contributed by atoms with Gasteiger partial charge in [-0.05, 0) is 51.8 Å². The fourth-order valence-electron chi connectivity index (χ4n) is 2.92. The van der Waals surface area contributed by atoms with Crippen LogP contribution in [0.4, 0.5) is 0 Å². The molecule has 2 heterocycles. The largest absolute Gasteiger partial charge is 0.466 e. The van der Waals surface area contributed by atoms with Crippen LogP contribution >= 0.6 is 0 Å². The maximum Gasteiger partial charge on any atom is 0.253 e.